The first-order valence-corrected chi connectivity index (χ1v) is 3.98. The van der Waals surface area contributed by atoms with Crippen molar-refractivity contribution in [3.05, 3.63) is 0 Å². The topological polar surface area (TPSA) is 54.4 Å². The van der Waals surface area contributed by atoms with Crippen molar-refractivity contribution in [3.8, 4) is 0 Å². The highest BCUT2D eigenvalue weighted by Gasteiger charge is 2.05. The lowest BCUT2D eigenvalue weighted by Gasteiger charge is -1.97. The SMILES string of the molecule is CC(C)CS(=O)(=O)O.I. The fraction of sp³-hybridized carbons (Fsp3) is 1.00. The van der Waals surface area contributed by atoms with Crippen molar-refractivity contribution in [2.75, 3.05) is 5.75 Å². The molecule has 0 aromatic heterocycles. The number of hydrogen-bond donors (Lipinski definition) is 1. The average molecular weight is 266 g/mol. The Morgan fingerprint density at radius 1 is 1.44 bits per heavy atom. The maximum Gasteiger partial charge on any atom is 0.265 e. The van der Waals surface area contributed by atoms with Gasteiger partial charge in [-0.15, -0.1) is 24.0 Å². The minimum Gasteiger partial charge on any atom is -0.286 e. The maximum atomic E-state index is 10.00. The summed E-state index contributed by atoms with van der Waals surface area (Å²) in [6, 6.07) is 0. The van der Waals surface area contributed by atoms with Crippen molar-refractivity contribution in [3.63, 3.8) is 0 Å². The van der Waals surface area contributed by atoms with Crippen molar-refractivity contribution in [2.45, 2.75) is 13.8 Å². The van der Waals surface area contributed by atoms with Gasteiger partial charge in [-0.05, 0) is 5.92 Å². The summed E-state index contributed by atoms with van der Waals surface area (Å²) >= 11 is 0. The van der Waals surface area contributed by atoms with Crippen LogP contribution in [0.4, 0.5) is 0 Å². The van der Waals surface area contributed by atoms with E-state index in [2.05, 4.69) is 0 Å². The summed E-state index contributed by atoms with van der Waals surface area (Å²) in [5.74, 6) is -0.141. The molecule has 0 fully saturated rings. The van der Waals surface area contributed by atoms with E-state index in [9.17, 15) is 8.42 Å². The molecule has 5 heteroatoms. The molecule has 0 aliphatic rings. The number of hydrogen-bond acceptors (Lipinski definition) is 2. The molecule has 0 aliphatic heterocycles. The van der Waals surface area contributed by atoms with Gasteiger partial charge >= 0.3 is 0 Å². The van der Waals surface area contributed by atoms with E-state index in [-0.39, 0.29) is 35.6 Å². The van der Waals surface area contributed by atoms with Crippen LogP contribution in [0.3, 0.4) is 0 Å². The van der Waals surface area contributed by atoms with Crippen LogP contribution in [0.25, 0.3) is 0 Å². The van der Waals surface area contributed by atoms with Gasteiger partial charge in [0.05, 0.1) is 5.75 Å². The fourth-order valence-electron chi connectivity index (χ4n) is 0.421. The molecule has 0 unspecified atom stereocenters. The van der Waals surface area contributed by atoms with Gasteiger partial charge in [0.25, 0.3) is 10.1 Å². The summed E-state index contributed by atoms with van der Waals surface area (Å²) < 4.78 is 28.2. The van der Waals surface area contributed by atoms with Crippen molar-refractivity contribution < 1.29 is 13.0 Å². The number of halogens is 1. The van der Waals surface area contributed by atoms with Crippen LogP contribution >= 0.6 is 24.0 Å². The van der Waals surface area contributed by atoms with Crippen LogP contribution in [-0.2, 0) is 10.1 Å². The Morgan fingerprint density at radius 3 is 1.78 bits per heavy atom. The molecule has 0 aliphatic carbocycles. The van der Waals surface area contributed by atoms with E-state index in [1.807, 2.05) is 0 Å². The highest BCUT2D eigenvalue weighted by atomic mass is 127. The van der Waals surface area contributed by atoms with Crippen LogP contribution in [0.2, 0.25) is 0 Å². The molecule has 0 atom stereocenters. The molecule has 0 bridgehead atoms. The molecule has 0 heterocycles. The summed E-state index contributed by atoms with van der Waals surface area (Å²) in [5, 5.41) is 0. The van der Waals surface area contributed by atoms with Gasteiger partial charge in [-0.1, -0.05) is 13.8 Å². The first-order valence-electron chi connectivity index (χ1n) is 2.37. The molecular formula is C4H11IO3S. The largest absolute Gasteiger partial charge is 0.286 e. The van der Waals surface area contributed by atoms with Gasteiger partial charge in [-0.25, -0.2) is 0 Å². The van der Waals surface area contributed by atoms with Gasteiger partial charge in [0.2, 0.25) is 0 Å². The monoisotopic (exact) mass is 266 g/mol. The molecular weight excluding hydrogens is 255 g/mol. The van der Waals surface area contributed by atoms with Crippen molar-refractivity contribution in [1.82, 2.24) is 0 Å². The molecule has 0 amide bonds. The van der Waals surface area contributed by atoms with E-state index in [0.717, 1.165) is 0 Å². The molecule has 0 aromatic carbocycles. The second kappa shape index (κ2) is 4.45. The summed E-state index contributed by atoms with van der Waals surface area (Å²) in [4.78, 5) is 0. The van der Waals surface area contributed by atoms with Crippen molar-refractivity contribution in [2.24, 2.45) is 5.92 Å². The third kappa shape index (κ3) is 12.0. The van der Waals surface area contributed by atoms with Crippen LogP contribution in [0.1, 0.15) is 13.8 Å². The van der Waals surface area contributed by atoms with Crippen LogP contribution in [0.5, 0.6) is 0 Å². The van der Waals surface area contributed by atoms with Gasteiger partial charge in [0, 0.05) is 0 Å². The fourth-order valence-corrected chi connectivity index (χ4v) is 1.26. The van der Waals surface area contributed by atoms with Crippen LogP contribution in [0.15, 0.2) is 0 Å². The quantitative estimate of drug-likeness (QED) is 0.602. The van der Waals surface area contributed by atoms with E-state index in [0.29, 0.717) is 0 Å². The van der Waals surface area contributed by atoms with Crippen LogP contribution < -0.4 is 0 Å². The first-order chi connectivity index (χ1) is 3.42. The summed E-state index contributed by atoms with van der Waals surface area (Å²) in [6.45, 7) is 3.46. The zero-order valence-corrected chi connectivity index (χ0v) is 8.51. The Kier molecular flexibility index (Phi) is 6.10. The second-order valence-corrected chi connectivity index (χ2v) is 3.64. The molecule has 0 spiro atoms. The normalized spacial score (nSPS) is 11.1. The Morgan fingerprint density at radius 2 is 1.78 bits per heavy atom. The zero-order valence-electron chi connectivity index (χ0n) is 5.36. The standard InChI is InChI=1S/C4H10O3S.HI/c1-4(2)3-8(5,6)7;/h4H,3H2,1-2H3,(H,5,6,7);1H. The predicted octanol–water partition coefficient (Wildman–Crippen LogP) is 1.15. The van der Waals surface area contributed by atoms with Gasteiger partial charge in [0.1, 0.15) is 0 Å². The molecule has 1 N–H and O–H groups in total. The summed E-state index contributed by atoms with van der Waals surface area (Å²) in [7, 11) is -3.72. The Labute approximate surface area is 72.6 Å². The summed E-state index contributed by atoms with van der Waals surface area (Å²) in [6.07, 6.45) is 0. The molecule has 0 saturated carbocycles. The summed E-state index contributed by atoms with van der Waals surface area (Å²) in [5.41, 5.74) is 0. The smallest absolute Gasteiger partial charge is 0.265 e. The highest BCUT2D eigenvalue weighted by Crippen LogP contribution is 1.95. The van der Waals surface area contributed by atoms with E-state index < -0.39 is 10.1 Å². The molecule has 9 heavy (non-hydrogen) atoms. The molecule has 58 valence electrons. The van der Waals surface area contributed by atoms with E-state index in [1.165, 1.54) is 0 Å². The lowest BCUT2D eigenvalue weighted by atomic mass is 10.3. The Hall–Kier alpha value is 0.640. The minimum atomic E-state index is -3.72. The molecule has 0 rings (SSSR count). The maximum absolute atomic E-state index is 10.00. The molecule has 0 aromatic rings. The number of rotatable bonds is 2. The van der Waals surface area contributed by atoms with Crippen LogP contribution in [0, 0.1) is 5.92 Å². The van der Waals surface area contributed by atoms with E-state index >= 15 is 0 Å². The van der Waals surface area contributed by atoms with Crippen molar-refractivity contribution >= 4 is 34.1 Å². The Balaban J connectivity index is 0. The van der Waals surface area contributed by atoms with Gasteiger partial charge in [-0.3, -0.25) is 4.55 Å². The van der Waals surface area contributed by atoms with E-state index in [4.69, 9.17) is 4.55 Å². The van der Waals surface area contributed by atoms with Gasteiger partial charge in [-0.2, -0.15) is 8.42 Å². The molecule has 0 saturated heterocycles. The third-order valence-electron chi connectivity index (χ3n) is 0.544. The highest BCUT2D eigenvalue weighted by molar-refractivity contribution is 14.0. The minimum absolute atomic E-state index is 0. The lowest BCUT2D eigenvalue weighted by Crippen LogP contribution is -2.09. The second-order valence-electron chi connectivity index (χ2n) is 2.14. The van der Waals surface area contributed by atoms with Crippen LogP contribution in [-0.4, -0.2) is 18.7 Å². The predicted molar refractivity (Wildman–Crippen MR) is 46.7 cm³/mol. The third-order valence-corrected chi connectivity index (χ3v) is 1.63. The van der Waals surface area contributed by atoms with E-state index in [1.54, 1.807) is 13.8 Å². The Bertz CT molecular complexity index is 149. The lowest BCUT2D eigenvalue weighted by molar-refractivity contribution is 0.473. The first kappa shape index (κ1) is 12.3. The van der Waals surface area contributed by atoms with Gasteiger partial charge in [0.15, 0.2) is 0 Å². The molecule has 3 nitrogen and oxygen atoms in total. The zero-order chi connectivity index (χ0) is 6.78. The molecule has 0 radical (unpaired) electrons. The van der Waals surface area contributed by atoms with Gasteiger partial charge < -0.3 is 0 Å². The van der Waals surface area contributed by atoms with Crippen molar-refractivity contribution in [1.29, 1.82) is 0 Å². The average Bonchev–Trinajstić information content (AvgIpc) is 1.21.